The van der Waals surface area contributed by atoms with Crippen molar-refractivity contribution in [3.8, 4) is 0 Å². The van der Waals surface area contributed by atoms with Gasteiger partial charge in [0.2, 0.25) is 5.91 Å². The van der Waals surface area contributed by atoms with Crippen LogP contribution in [0.1, 0.15) is 39.5 Å². The van der Waals surface area contributed by atoms with E-state index in [9.17, 15) is 18.0 Å². The van der Waals surface area contributed by atoms with Gasteiger partial charge in [0.05, 0.1) is 18.6 Å². The zero-order valence-corrected chi connectivity index (χ0v) is 12.2. The molecule has 0 radical (unpaired) electrons. The van der Waals surface area contributed by atoms with Gasteiger partial charge < -0.3 is 9.64 Å². The lowest BCUT2D eigenvalue weighted by molar-refractivity contribution is -0.184. The second-order valence-electron chi connectivity index (χ2n) is 5.96. The van der Waals surface area contributed by atoms with Gasteiger partial charge in [-0.1, -0.05) is 0 Å². The largest absolute Gasteiger partial charge is 0.391 e. The van der Waals surface area contributed by atoms with Gasteiger partial charge in [-0.25, -0.2) is 0 Å². The predicted octanol–water partition coefficient (Wildman–Crippen LogP) is 2.91. The number of hydrogen-bond donors (Lipinski definition) is 0. The Hall–Kier alpha value is -1.18. The molecular weight excluding hydrogens is 287 g/mol. The van der Waals surface area contributed by atoms with Crippen LogP contribution in [-0.4, -0.2) is 47.9 Å². The Morgan fingerprint density at radius 1 is 1.38 bits per heavy atom. The van der Waals surface area contributed by atoms with Crippen molar-refractivity contribution in [1.82, 2.24) is 4.90 Å². The van der Waals surface area contributed by atoms with Gasteiger partial charge in [0.15, 0.2) is 5.66 Å². The number of hydrogen-bond acceptors (Lipinski definition) is 4. The van der Waals surface area contributed by atoms with Crippen LogP contribution in [0.3, 0.4) is 0 Å². The maximum absolute atomic E-state index is 12.4. The quantitative estimate of drug-likeness (QED) is 0.784. The van der Waals surface area contributed by atoms with E-state index in [-0.39, 0.29) is 24.2 Å². The Labute approximate surface area is 121 Å². The number of carbonyl (C=O) groups excluding carboxylic acids is 1. The van der Waals surface area contributed by atoms with Crippen molar-refractivity contribution < 1.29 is 22.7 Å². The minimum Gasteiger partial charge on any atom is -0.371 e. The molecule has 0 spiro atoms. The van der Waals surface area contributed by atoms with Crippen molar-refractivity contribution in [3.63, 3.8) is 0 Å². The summed E-state index contributed by atoms with van der Waals surface area (Å²) >= 11 is 0. The maximum atomic E-state index is 12.4. The molecule has 1 amide bonds. The van der Waals surface area contributed by atoms with Crippen LogP contribution in [0.5, 0.6) is 0 Å². The summed E-state index contributed by atoms with van der Waals surface area (Å²) in [4.78, 5) is 13.6. The Balaban J connectivity index is 1.78. The Bertz CT molecular complexity index is 419. The molecule has 1 fully saturated rings. The summed E-state index contributed by atoms with van der Waals surface area (Å²) in [6, 6.07) is 0. The number of nitrogens with zero attached hydrogens (tertiary/aromatic N) is 3. The second-order valence-corrected chi connectivity index (χ2v) is 5.96. The van der Waals surface area contributed by atoms with Crippen LogP contribution < -0.4 is 0 Å². The Morgan fingerprint density at radius 2 is 2.05 bits per heavy atom. The van der Waals surface area contributed by atoms with E-state index in [0.717, 1.165) is 0 Å². The van der Waals surface area contributed by atoms with Gasteiger partial charge in [0.1, 0.15) is 0 Å². The van der Waals surface area contributed by atoms with Gasteiger partial charge in [-0.3, -0.25) is 4.79 Å². The van der Waals surface area contributed by atoms with Crippen molar-refractivity contribution in [2.45, 2.75) is 63.6 Å². The normalized spacial score (nSPS) is 27.8. The first-order valence-electron chi connectivity index (χ1n) is 7.11. The van der Waals surface area contributed by atoms with Gasteiger partial charge in [0.25, 0.3) is 0 Å². The van der Waals surface area contributed by atoms with Crippen LogP contribution in [0.4, 0.5) is 13.2 Å². The second kappa shape index (κ2) is 5.90. The highest BCUT2D eigenvalue weighted by atomic mass is 19.4. The minimum absolute atomic E-state index is 0.00863. The fourth-order valence-corrected chi connectivity index (χ4v) is 2.54. The van der Waals surface area contributed by atoms with E-state index < -0.39 is 18.7 Å². The third-order valence-electron chi connectivity index (χ3n) is 3.62. The third kappa shape index (κ3) is 5.26. The summed E-state index contributed by atoms with van der Waals surface area (Å²) in [5.41, 5.74) is -0.336. The number of carbonyl (C=O) groups is 1. The van der Waals surface area contributed by atoms with Gasteiger partial charge >= 0.3 is 6.18 Å². The predicted molar refractivity (Wildman–Crippen MR) is 68.7 cm³/mol. The average Bonchev–Trinajstić information content (AvgIpc) is 3.04. The summed E-state index contributed by atoms with van der Waals surface area (Å²) in [5, 5.41) is 7.73. The van der Waals surface area contributed by atoms with Crippen LogP contribution >= 0.6 is 0 Å². The SMILES string of the molecule is CC1CN(C(=O)CCCC2(C)N=N2)CC(CC(F)(F)F)O1. The number of morpholine rings is 1. The van der Waals surface area contributed by atoms with Crippen molar-refractivity contribution in [2.75, 3.05) is 13.1 Å². The van der Waals surface area contributed by atoms with Crippen molar-refractivity contribution in [3.05, 3.63) is 0 Å². The van der Waals surface area contributed by atoms with E-state index in [1.165, 1.54) is 4.90 Å². The molecule has 21 heavy (non-hydrogen) atoms. The maximum Gasteiger partial charge on any atom is 0.391 e. The highest BCUT2D eigenvalue weighted by molar-refractivity contribution is 5.76. The molecule has 2 rings (SSSR count). The molecule has 120 valence electrons. The van der Waals surface area contributed by atoms with E-state index in [1.807, 2.05) is 6.92 Å². The van der Waals surface area contributed by atoms with Gasteiger partial charge in [-0.2, -0.15) is 23.4 Å². The van der Waals surface area contributed by atoms with Crippen LogP contribution in [-0.2, 0) is 9.53 Å². The van der Waals surface area contributed by atoms with Gasteiger partial charge in [-0.05, 0) is 26.7 Å². The number of rotatable bonds is 5. The van der Waals surface area contributed by atoms with Crippen LogP contribution in [0.15, 0.2) is 10.2 Å². The molecule has 2 atom stereocenters. The molecule has 8 heteroatoms. The summed E-state index contributed by atoms with van der Waals surface area (Å²) < 4.78 is 42.6. The van der Waals surface area contributed by atoms with E-state index in [1.54, 1.807) is 6.92 Å². The molecule has 2 aliphatic rings. The summed E-state index contributed by atoms with van der Waals surface area (Å²) in [6.07, 6.45) is -4.99. The number of halogens is 3. The zero-order chi connectivity index (χ0) is 15.7. The van der Waals surface area contributed by atoms with Gasteiger partial charge in [-0.15, -0.1) is 0 Å². The van der Waals surface area contributed by atoms with Crippen molar-refractivity contribution in [1.29, 1.82) is 0 Å². The molecular formula is C13H20F3N3O2. The van der Waals surface area contributed by atoms with Gasteiger partial charge in [0, 0.05) is 19.5 Å². The standard InChI is InChI=1S/C13H20F3N3O2/c1-9-7-19(8-10(21-9)6-13(14,15)16)11(20)4-3-5-12(2)17-18-12/h9-10H,3-8H2,1-2H3. The molecule has 0 N–H and O–H groups in total. The van der Waals surface area contributed by atoms with Crippen LogP contribution in [0.25, 0.3) is 0 Å². The van der Waals surface area contributed by atoms with Crippen LogP contribution in [0.2, 0.25) is 0 Å². The average molecular weight is 307 g/mol. The van der Waals surface area contributed by atoms with E-state index in [2.05, 4.69) is 10.2 Å². The van der Waals surface area contributed by atoms with Crippen molar-refractivity contribution >= 4 is 5.91 Å². The number of amides is 1. The highest BCUT2D eigenvalue weighted by Gasteiger charge is 2.38. The lowest BCUT2D eigenvalue weighted by atomic mass is 10.1. The third-order valence-corrected chi connectivity index (χ3v) is 3.62. The molecule has 2 unspecified atom stereocenters. The summed E-state index contributed by atoms with van der Waals surface area (Å²) in [5.74, 6) is -0.124. The molecule has 2 aliphatic heterocycles. The molecule has 0 saturated carbocycles. The smallest absolute Gasteiger partial charge is 0.371 e. The fraction of sp³-hybridized carbons (Fsp3) is 0.923. The summed E-state index contributed by atoms with van der Waals surface area (Å²) in [6.45, 7) is 3.92. The zero-order valence-electron chi connectivity index (χ0n) is 12.2. The molecule has 0 aromatic rings. The van der Waals surface area contributed by atoms with Crippen LogP contribution in [0, 0.1) is 0 Å². The number of alkyl halides is 3. The molecule has 1 saturated heterocycles. The minimum atomic E-state index is -4.28. The molecule has 2 heterocycles. The Kier molecular flexibility index (Phi) is 4.55. The molecule has 5 nitrogen and oxygen atoms in total. The lowest BCUT2D eigenvalue weighted by Gasteiger charge is -2.37. The first-order chi connectivity index (χ1) is 9.67. The van der Waals surface area contributed by atoms with E-state index in [4.69, 9.17) is 4.74 Å². The van der Waals surface area contributed by atoms with E-state index >= 15 is 0 Å². The molecule has 0 bridgehead atoms. The highest BCUT2D eigenvalue weighted by Crippen LogP contribution is 2.32. The van der Waals surface area contributed by atoms with Crippen molar-refractivity contribution in [2.24, 2.45) is 10.2 Å². The molecule has 0 aromatic carbocycles. The monoisotopic (exact) mass is 307 g/mol. The topological polar surface area (TPSA) is 54.3 Å². The Morgan fingerprint density at radius 3 is 2.62 bits per heavy atom. The van der Waals surface area contributed by atoms with E-state index in [0.29, 0.717) is 25.8 Å². The lowest BCUT2D eigenvalue weighted by Crippen LogP contribution is -2.50. The first kappa shape index (κ1) is 16.2. The molecule has 0 aliphatic carbocycles. The first-order valence-corrected chi connectivity index (χ1v) is 7.11. The molecule has 0 aromatic heterocycles. The summed E-state index contributed by atoms with van der Waals surface area (Å²) in [7, 11) is 0. The number of ether oxygens (including phenoxy) is 1. The fourth-order valence-electron chi connectivity index (χ4n) is 2.54.